The van der Waals surface area contributed by atoms with Gasteiger partial charge in [0.1, 0.15) is 12.4 Å². The molecule has 0 aliphatic carbocycles. The molecule has 8 heteroatoms. The van der Waals surface area contributed by atoms with Crippen molar-refractivity contribution in [2.24, 2.45) is 0 Å². The first-order valence-electron chi connectivity index (χ1n) is 7.72. The summed E-state index contributed by atoms with van der Waals surface area (Å²) in [5.74, 6) is 0.226. The summed E-state index contributed by atoms with van der Waals surface area (Å²) in [5.41, 5.74) is 0. The minimum Gasteiger partial charge on any atom is -0.488 e. The lowest BCUT2D eigenvalue weighted by atomic mass is 10.0. The van der Waals surface area contributed by atoms with Gasteiger partial charge in [0.05, 0.1) is 4.90 Å². The number of rotatable bonds is 6. The number of fused-ring (bicyclic) bond motifs is 2. The smallest absolute Gasteiger partial charge is 0.272 e. The zero-order valence-electron chi connectivity index (χ0n) is 12.5. The number of sulfonamides is 1. The van der Waals surface area contributed by atoms with Crippen LogP contribution in [-0.2, 0) is 10.0 Å². The van der Waals surface area contributed by atoms with Crippen molar-refractivity contribution in [2.45, 2.75) is 55.1 Å². The van der Waals surface area contributed by atoms with E-state index in [2.05, 4.69) is 10.0 Å². The zero-order valence-corrected chi connectivity index (χ0v) is 13.4. The summed E-state index contributed by atoms with van der Waals surface area (Å²) in [7, 11) is -3.61. The van der Waals surface area contributed by atoms with Gasteiger partial charge in [-0.2, -0.15) is 0 Å². The molecule has 5 nitrogen and oxygen atoms in total. The van der Waals surface area contributed by atoms with Gasteiger partial charge in [-0.3, -0.25) is 0 Å². The summed E-state index contributed by atoms with van der Waals surface area (Å²) >= 11 is 0. The van der Waals surface area contributed by atoms with Crippen molar-refractivity contribution in [3.63, 3.8) is 0 Å². The van der Waals surface area contributed by atoms with Crippen LogP contribution in [0.25, 0.3) is 0 Å². The Kier molecular flexibility index (Phi) is 4.84. The lowest BCUT2D eigenvalue weighted by Crippen LogP contribution is -2.47. The molecular weight excluding hydrogens is 326 g/mol. The minimum absolute atomic E-state index is 0.0616. The number of halogens is 2. The van der Waals surface area contributed by atoms with E-state index in [-0.39, 0.29) is 16.7 Å². The fourth-order valence-corrected chi connectivity index (χ4v) is 4.58. The molecule has 23 heavy (non-hydrogen) atoms. The Morgan fingerprint density at radius 1 is 1.17 bits per heavy atom. The Morgan fingerprint density at radius 2 is 1.78 bits per heavy atom. The molecule has 1 aromatic carbocycles. The van der Waals surface area contributed by atoms with Crippen LogP contribution in [0.2, 0.25) is 0 Å². The maximum atomic E-state index is 12.4. The SMILES string of the molecule is O=S(=O)(NC1CC2CCC(C1)N2)c1ccc(OCC(F)F)cc1. The quantitative estimate of drug-likeness (QED) is 0.825. The number of benzene rings is 1. The zero-order chi connectivity index (χ0) is 16.4. The first-order chi connectivity index (χ1) is 10.9. The van der Waals surface area contributed by atoms with Gasteiger partial charge in [0.2, 0.25) is 10.0 Å². The Hall–Kier alpha value is -1.25. The van der Waals surface area contributed by atoms with Crippen molar-refractivity contribution in [1.82, 2.24) is 10.0 Å². The largest absolute Gasteiger partial charge is 0.488 e. The second kappa shape index (κ2) is 6.70. The average molecular weight is 346 g/mol. The van der Waals surface area contributed by atoms with Crippen molar-refractivity contribution in [3.8, 4) is 5.75 Å². The molecular formula is C15H20F2N2O3S. The summed E-state index contributed by atoms with van der Waals surface area (Å²) in [6.45, 7) is -0.706. The maximum absolute atomic E-state index is 12.4. The molecule has 0 saturated carbocycles. The lowest BCUT2D eigenvalue weighted by molar-refractivity contribution is 0.0819. The van der Waals surface area contributed by atoms with Gasteiger partial charge in [0, 0.05) is 18.1 Å². The molecule has 0 spiro atoms. The molecule has 2 N–H and O–H groups in total. The predicted molar refractivity (Wildman–Crippen MR) is 81.2 cm³/mol. The monoisotopic (exact) mass is 346 g/mol. The van der Waals surface area contributed by atoms with Crippen molar-refractivity contribution < 1.29 is 21.9 Å². The normalized spacial score (nSPS) is 27.3. The van der Waals surface area contributed by atoms with Crippen LogP contribution in [0.1, 0.15) is 25.7 Å². The van der Waals surface area contributed by atoms with Crippen LogP contribution in [-0.4, -0.2) is 39.6 Å². The van der Waals surface area contributed by atoms with E-state index in [4.69, 9.17) is 4.74 Å². The molecule has 2 aliphatic heterocycles. The van der Waals surface area contributed by atoms with Crippen LogP contribution in [0.4, 0.5) is 8.78 Å². The van der Waals surface area contributed by atoms with Gasteiger partial charge in [0.15, 0.2) is 0 Å². The highest BCUT2D eigenvalue weighted by atomic mass is 32.2. The van der Waals surface area contributed by atoms with Crippen LogP contribution in [0.3, 0.4) is 0 Å². The second-order valence-corrected chi connectivity index (χ2v) is 7.81. The van der Waals surface area contributed by atoms with Gasteiger partial charge in [0.25, 0.3) is 6.43 Å². The molecule has 2 bridgehead atoms. The van der Waals surface area contributed by atoms with Crippen molar-refractivity contribution in [1.29, 1.82) is 0 Å². The van der Waals surface area contributed by atoms with Gasteiger partial charge in [-0.1, -0.05) is 0 Å². The maximum Gasteiger partial charge on any atom is 0.272 e. The molecule has 128 valence electrons. The van der Waals surface area contributed by atoms with Crippen LogP contribution >= 0.6 is 0 Å². The molecule has 3 rings (SSSR count). The molecule has 1 aromatic rings. The molecule has 2 fully saturated rings. The number of piperidine rings is 1. The van der Waals surface area contributed by atoms with E-state index in [1.165, 1.54) is 24.3 Å². The fourth-order valence-electron chi connectivity index (χ4n) is 3.32. The van der Waals surface area contributed by atoms with E-state index >= 15 is 0 Å². The highest BCUT2D eigenvalue weighted by Gasteiger charge is 2.35. The van der Waals surface area contributed by atoms with E-state index in [0.29, 0.717) is 12.1 Å². The molecule has 2 aliphatic rings. The summed E-state index contributed by atoms with van der Waals surface area (Å²) in [6, 6.07) is 6.26. The van der Waals surface area contributed by atoms with E-state index < -0.39 is 23.1 Å². The minimum atomic E-state index is -3.61. The third-order valence-corrected chi connectivity index (χ3v) is 5.84. The molecule has 2 atom stereocenters. The van der Waals surface area contributed by atoms with Crippen LogP contribution in [0.15, 0.2) is 29.2 Å². The van der Waals surface area contributed by atoms with Crippen LogP contribution in [0, 0.1) is 0 Å². The van der Waals surface area contributed by atoms with Crippen molar-refractivity contribution in [2.75, 3.05) is 6.61 Å². The second-order valence-electron chi connectivity index (χ2n) is 6.10. The van der Waals surface area contributed by atoms with Gasteiger partial charge in [-0.25, -0.2) is 21.9 Å². The Balaban J connectivity index is 1.62. The molecule has 0 aromatic heterocycles. The molecule has 2 heterocycles. The van der Waals surface area contributed by atoms with E-state index in [1.807, 2.05) is 0 Å². The number of hydrogen-bond acceptors (Lipinski definition) is 4. The fraction of sp³-hybridized carbons (Fsp3) is 0.600. The third kappa shape index (κ3) is 4.19. The number of ether oxygens (including phenoxy) is 1. The van der Waals surface area contributed by atoms with E-state index in [1.54, 1.807) is 0 Å². The Bertz CT molecular complexity index is 625. The average Bonchev–Trinajstić information content (AvgIpc) is 2.84. The number of alkyl halides is 2. The summed E-state index contributed by atoms with van der Waals surface area (Å²) in [5, 5.41) is 3.46. The predicted octanol–water partition coefficient (Wildman–Crippen LogP) is 1.89. The van der Waals surface area contributed by atoms with Crippen molar-refractivity contribution >= 4 is 10.0 Å². The van der Waals surface area contributed by atoms with E-state index in [9.17, 15) is 17.2 Å². The van der Waals surface area contributed by atoms with E-state index in [0.717, 1.165) is 25.7 Å². The lowest BCUT2D eigenvalue weighted by Gasteiger charge is -2.29. The third-order valence-electron chi connectivity index (χ3n) is 4.30. The topological polar surface area (TPSA) is 67.4 Å². The molecule has 0 amide bonds. The van der Waals surface area contributed by atoms with Crippen LogP contribution < -0.4 is 14.8 Å². The molecule has 2 unspecified atom stereocenters. The Labute approximate surface area is 134 Å². The molecule has 0 radical (unpaired) electrons. The molecule has 2 saturated heterocycles. The van der Waals surface area contributed by atoms with Gasteiger partial charge < -0.3 is 10.1 Å². The first-order valence-corrected chi connectivity index (χ1v) is 9.20. The van der Waals surface area contributed by atoms with Gasteiger partial charge in [-0.15, -0.1) is 0 Å². The highest BCUT2D eigenvalue weighted by Crippen LogP contribution is 2.28. The summed E-state index contributed by atoms with van der Waals surface area (Å²) in [6.07, 6.45) is 1.23. The Morgan fingerprint density at radius 3 is 2.35 bits per heavy atom. The summed E-state index contributed by atoms with van der Waals surface area (Å²) in [4.78, 5) is 0.118. The highest BCUT2D eigenvalue weighted by molar-refractivity contribution is 7.89. The standard InChI is InChI=1S/C15H20F2N2O3S/c16-15(17)9-22-13-3-5-14(6-4-13)23(20,21)19-12-7-10-1-2-11(8-12)18-10/h3-6,10-12,15,18-19H,1-2,7-9H2. The van der Waals surface area contributed by atoms with Crippen molar-refractivity contribution in [3.05, 3.63) is 24.3 Å². The number of nitrogens with one attached hydrogen (secondary N) is 2. The van der Waals surface area contributed by atoms with Crippen LogP contribution in [0.5, 0.6) is 5.75 Å². The summed E-state index contributed by atoms with van der Waals surface area (Å²) < 4.78 is 56.6. The van der Waals surface area contributed by atoms with Gasteiger partial charge >= 0.3 is 0 Å². The number of hydrogen-bond donors (Lipinski definition) is 2. The van der Waals surface area contributed by atoms with Gasteiger partial charge in [-0.05, 0) is 49.9 Å². The first kappa shape index (κ1) is 16.6.